The fourth-order valence-electron chi connectivity index (χ4n) is 3.41. The maximum Gasteiger partial charge on any atom is 0.411 e. The molecule has 1 aromatic carbocycles. The van der Waals surface area contributed by atoms with Gasteiger partial charge in [0.2, 0.25) is 0 Å². The number of amides is 2. The van der Waals surface area contributed by atoms with Crippen molar-refractivity contribution < 1.29 is 19.1 Å². The molecule has 1 aliphatic carbocycles. The van der Waals surface area contributed by atoms with Crippen molar-refractivity contribution in [3.05, 3.63) is 29.4 Å². The molecular formula is C23H34N4O4S. The Labute approximate surface area is 193 Å². The van der Waals surface area contributed by atoms with Gasteiger partial charge in [0.1, 0.15) is 0 Å². The van der Waals surface area contributed by atoms with Crippen LogP contribution in [0, 0.1) is 0 Å². The van der Waals surface area contributed by atoms with Crippen LogP contribution >= 0.6 is 11.3 Å². The van der Waals surface area contributed by atoms with Gasteiger partial charge in [-0.05, 0) is 58.7 Å². The van der Waals surface area contributed by atoms with Crippen LogP contribution in [0.1, 0.15) is 70.7 Å². The Balaban J connectivity index is 0.000000451. The topological polar surface area (TPSA) is 130 Å². The number of nitrogens with zero attached hydrogens (tertiary/aromatic N) is 1. The Morgan fingerprint density at radius 2 is 1.75 bits per heavy atom. The molecule has 9 heteroatoms. The Morgan fingerprint density at radius 1 is 1.09 bits per heavy atom. The zero-order valence-corrected chi connectivity index (χ0v) is 20.0. The first-order valence-electron chi connectivity index (χ1n) is 10.9. The van der Waals surface area contributed by atoms with Gasteiger partial charge in [0.25, 0.3) is 0 Å². The number of anilines is 2. The number of carbonyl (C=O) groups is 2. The van der Waals surface area contributed by atoms with Gasteiger partial charge in [-0.2, -0.15) is 0 Å². The van der Waals surface area contributed by atoms with Gasteiger partial charge >= 0.3 is 12.2 Å². The summed E-state index contributed by atoms with van der Waals surface area (Å²) in [4.78, 5) is 27.2. The van der Waals surface area contributed by atoms with Crippen molar-refractivity contribution in [2.45, 2.75) is 77.9 Å². The summed E-state index contributed by atoms with van der Waals surface area (Å²) in [6, 6.07) is 5.53. The molecule has 2 aromatic rings. The van der Waals surface area contributed by atoms with Crippen molar-refractivity contribution in [2.24, 2.45) is 5.73 Å². The second-order valence-corrected chi connectivity index (χ2v) is 9.33. The van der Waals surface area contributed by atoms with Crippen molar-refractivity contribution in [2.75, 3.05) is 11.1 Å². The van der Waals surface area contributed by atoms with Crippen molar-refractivity contribution in [1.29, 1.82) is 0 Å². The van der Waals surface area contributed by atoms with E-state index in [0.717, 1.165) is 10.4 Å². The van der Waals surface area contributed by atoms with Crippen LogP contribution in [0.2, 0.25) is 0 Å². The minimum absolute atomic E-state index is 0.0995. The number of aromatic nitrogens is 1. The second-order valence-electron chi connectivity index (χ2n) is 8.26. The number of thiazole rings is 1. The largest absolute Gasteiger partial charge is 0.447 e. The quantitative estimate of drug-likeness (QED) is 0.475. The number of hydrogen-bond donors (Lipinski definition) is 3. The van der Waals surface area contributed by atoms with Gasteiger partial charge in [0, 0.05) is 29.1 Å². The van der Waals surface area contributed by atoms with Gasteiger partial charge in [-0.15, -0.1) is 11.3 Å². The fourth-order valence-corrected chi connectivity index (χ4v) is 4.54. The third-order valence-corrected chi connectivity index (χ3v) is 5.93. The fraction of sp³-hybridized carbons (Fsp3) is 0.522. The molecule has 8 nitrogen and oxygen atoms in total. The second kappa shape index (κ2) is 12.3. The molecule has 2 amide bonds. The van der Waals surface area contributed by atoms with Crippen LogP contribution in [0.3, 0.4) is 0 Å². The normalized spacial score (nSPS) is 13.9. The van der Waals surface area contributed by atoms with Crippen molar-refractivity contribution in [3.63, 3.8) is 0 Å². The number of hydrogen-bond acceptors (Lipinski definition) is 7. The highest BCUT2D eigenvalue weighted by Gasteiger charge is 2.19. The van der Waals surface area contributed by atoms with Gasteiger partial charge in [0.05, 0.1) is 22.1 Å². The van der Waals surface area contributed by atoms with Crippen LogP contribution in [0.15, 0.2) is 24.4 Å². The zero-order valence-electron chi connectivity index (χ0n) is 19.2. The first-order chi connectivity index (χ1) is 15.2. The molecule has 0 spiro atoms. The molecule has 1 aromatic heterocycles. The van der Waals surface area contributed by atoms with Crippen LogP contribution < -0.4 is 16.8 Å². The van der Waals surface area contributed by atoms with E-state index in [-0.39, 0.29) is 12.2 Å². The van der Waals surface area contributed by atoms with Crippen LogP contribution in [0.25, 0.3) is 10.4 Å². The van der Waals surface area contributed by atoms with Gasteiger partial charge in [-0.1, -0.05) is 19.3 Å². The van der Waals surface area contributed by atoms with E-state index in [9.17, 15) is 9.59 Å². The third kappa shape index (κ3) is 8.37. The van der Waals surface area contributed by atoms with E-state index in [1.165, 1.54) is 37.1 Å². The number of carbonyl (C=O) groups excluding carboxylic acids is 2. The molecule has 32 heavy (non-hydrogen) atoms. The zero-order chi connectivity index (χ0) is 23.7. The lowest BCUT2D eigenvalue weighted by Gasteiger charge is -2.18. The lowest BCUT2D eigenvalue weighted by atomic mass is 9.90. The molecule has 0 unspecified atom stereocenters. The lowest BCUT2D eigenvalue weighted by Crippen LogP contribution is -2.18. The third-order valence-electron chi connectivity index (χ3n) is 4.74. The first kappa shape index (κ1) is 25.5. The highest BCUT2D eigenvalue weighted by Crippen LogP contribution is 2.39. The van der Waals surface area contributed by atoms with E-state index < -0.39 is 12.2 Å². The molecule has 0 radical (unpaired) electrons. The molecule has 0 saturated heterocycles. The van der Waals surface area contributed by atoms with Crippen LogP contribution in [-0.4, -0.2) is 29.4 Å². The molecule has 176 valence electrons. The molecule has 1 saturated carbocycles. The standard InChI is InChI=1S/C19H25N3O2S.C4H9NO2/c1-12(2)24-19(23)22-14-8-9-15(16(20)10-14)17-11-21-18(25-17)13-6-4-3-5-7-13;1-3(2)7-4(5)6/h8-13H,3-7,20H2,1-2H3,(H,22,23);3H,1-2H3,(H2,5,6). The minimum Gasteiger partial charge on any atom is -0.447 e. The summed E-state index contributed by atoms with van der Waals surface area (Å²) in [5.41, 5.74) is 13.1. The van der Waals surface area contributed by atoms with Crippen molar-refractivity contribution in [1.82, 2.24) is 4.98 Å². The van der Waals surface area contributed by atoms with E-state index in [0.29, 0.717) is 17.3 Å². The van der Waals surface area contributed by atoms with Gasteiger partial charge in [0.15, 0.2) is 0 Å². The number of benzene rings is 1. The van der Waals surface area contributed by atoms with Crippen molar-refractivity contribution >= 4 is 34.9 Å². The number of rotatable bonds is 5. The molecule has 1 fully saturated rings. The van der Waals surface area contributed by atoms with Crippen LogP contribution in [-0.2, 0) is 9.47 Å². The van der Waals surface area contributed by atoms with Gasteiger partial charge < -0.3 is 20.9 Å². The summed E-state index contributed by atoms with van der Waals surface area (Å²) in [6.07, 6.45) is 6.89. The minimum atomic E-state index is -0.713. The van der Waals surface area contributed by atoms with Gasteiger partial charge in [-0.25, -0.2) is 14.6 Å². The smallest absolute Gasteiger partial charge is 0.411 e. The predicted molar refractivity (Wildman–Crippen MR) is 129 cm³/mol. The number of nitrogen functional groups attached to an aromatic ring is 1. The summed E-state index contributed by atoms with van der Waals surface area (Å²) in [7, 11) is 0. The molecule has 0 atom stereocenters. The van der Waals surface area contributed by atoms with E-state index >= 15 is 0 Å². The number of ether oxygens (including phenoxy) is 2. The highest BCUT2D eigenvalue weighted by atomic mass is 32.1. The predicted octanol–water partition coefficient (Wildman–Crippen LogP) is 5.89. The molecular weight excluding hydrogens is 428 g/mol. The summed E-state index contributed by atoms with van der Waals surface area (Å²) in [6.45, 7) is 7.10. The molecule has 1 aliphatic rings. The van der Waals surface area contributed by atoms with Crippen LogP contribution in [0.5, 0.6) is 0 Å². The Morgan fingerprint density at radius 3 is 2.28 bits per heavy atom. The maximum absolute atomic E-state index is 11.7. The SMILES string of the molecule is CC(C)OC(=O)Nc1ccc(-c2cnc(C3CCCCC3)s2)c(N)c1.CC(C)OC(N)=O. The van der Waals surface area contributed by atoms with Crippen LogP contribution in [0.4, 0.5) is 21.0 Å². The van der Waals surface area contributed by atoms with Gasteiger partial charge in [-0.3, -0.25) is 5.32 Å². The Hall–Kier alpha value is -2.81. The summed E-state index contributed by atoms with van der Waals surface area (Å²) in [5.74, 6) is 0.598. The summed E-state index contributed by atoms with van der Waals surface area (Å²) >= 11 is 1.73. The molecule has 0 aliphatic heterocycles. The molecule has 0 bridgehead atoms. The first-order valence-corrected chi connectivity index (χ1v) is 11.8. The molecule has 3 rings (SSSR count). The molecule has 1 heterocycles. The summed E-state index contributed by atoms with van der Waals surface area (Å²) < 4.78 is 9.47. The van der Waals surface area contributed by atoms with Crippen molar-refractivity contribution in [3.8, 4) is 10.4 Å². The number of nitrogens with two attached hydrogens (primary N) is 2. The number of nitrogens with one attached hydrogen (secondary N) is 1. The molecule has 5 N–H and O–H groups in total. The Bertz CT molecular complexity index is 892. The lowest BCUT2D eigenvalue weighted by molar-refractivity contribution is 0.125. The van der Waals surface area contributed by atoms with E-state index in [1.54, 1.807) is 31.3 Å². The van der Waals surface area contributed by atoms with E-state index in [4.69, 9.17) is 10.5 Å². The highest BCUT2D eigenvalue weighted by molar-refractivity contribution is 7.15. The Kier molecular flexibility index (Phi) is 9.77. The maximum atomic E-state index is 11.7. The average molecular weight is 463 g/mol. The van der Waals surface area contributed by atoms with E-state index in [1.807, 2.05) is 32.2 Å². The number of primary amides is 1. The summed E-state index contributed by atoms with van der Waals surface area (Å²) in [5, 5.41) is 3.92. The van der Waals surface area contributed by atoms with E-state index in [2.05, 4.69) is 20.8 Å². The monoisotopic (exact) mass is 462 g/mol. The average Bonchev–Trinajstić information content (AvgIpc) is 3.17.